The Morgan fingerprint density at radius 3 is 2.37 bits per heavy atom. The average molecular weight is 368 g/mol. The van der Waals surface area contributed by atoms with Crippen LogP contribution in [0.25, 0.3) is 0 Å². The Morgan fingerprint density at radius 1 is 1.11 bits per heavy atom. The number of hydrogen-bond acceptors (Lipinski definition) is 4. The molecule has 1 aliphatic rings. The number of amides is 1. The molecule has 0 bridgehead atoms. The number of likely N-dealkylation sites (N-methyl/N-ethyl adjacent to an activating group) is 1. The molecule has 5 heteroatoms. The van der Waals surface area contributed by atoms with Crippen LogP contribution in [0.2, 0.25) is 0 Å². The summed E-state index contributed by atoms with van der Waals surface area (Å²) in [6.07, 6.45) is 1.90. The summed E-state index contributed by atoms with van der Waals surface area (Å²) >= 11 is 0. The lowest BCUT2D eigenvalue weighted by Crippen LogP contribution is -2.35. The van der Waals surface area contributed by atoms with Crippen molar-refractivity contribution >= 4 is 5.91 Å². The lowest BCUT2D eigenvalue weighted by molar-refractivity contribution is 0.0929. The van der Waals surface area contributed by atoms with E-state index in [1.807, 2.05) is 63.5 Å². The van der Waals surface area contributed by atoms with E-state index < -0.39 is 0 Å². The van der Waals surface area contributed by atoms with Gasteiger partial charge >= 0.3 is 0 Å². The summed E-state index contributed by atoms with van der Waals surface area (Å²) in [7, 11) is 5.66. The van der Waals surface area contributed by atoms with Gasteiger partial charge in [-0.2, -0.15) is 0 Å². The van der Waals surface area contributed by atoms with E-state index in [0.717, 1.165) is 42.0 Å². The highest BCUT2D eigenvalue weighted by Gasteiger charge is 2.45. The van der Waals surface area contributed by atoms with Gasteiger partial charge in [0.05, 0.1) is 12.6 Å². The van der Waals surface area contributed by atoms with Gasteiger partial charge in [0, 0.05) is 12.1 Å². The van der Waals surface area contributed by atoms with E-state index in [1.165, 1.54) is 0 Å². The summed E-state index contributed by atoms with van der Waals surface area (Å²) in [5, 5.41) is 3.24. The third-order valence-electron chi connectivity index (χ3n) is 5.01. The Balaban J connectivity index is 1.71. The zero-order chi connectivity index (χ0) is 19.4. The molecule has 1 amide bonds. The summed E-state index contributed by atoms with van der Waals surface area (Å²) in [5.41, 5.74) is 2.46. The molecule has 0 unspecified atom stereocenters. The van der Waals surface area contributed by atoms with Gasteiger partial charge in [-0.05, 0) is 69.3 Å². The number of nitrogens with zero attached hydrogens (tertiary/aromatic N) is 1. The lowest BCUT2D eigenvalue weighted by atomic mass is 10.0. The molecular weight excluding hydrogens is 340 g/mol. The fourth-order valence-electron chi connectivity index (χ4n) is 3.09. The summed E-state index contributed by atoms with van der Waals surface area (Å²) in [5.74, 6) is 1.49. The molecule has 1 aliphatic carbocycles. The van der Waals surface area contributed by atoms with Crippen molar-refractivity contribution in [2.75, 3.05) is 34.4 Å². The first kappa shape index (κ1) is 19.2. The highest BCUT2D eigenvalue weighted by atomic mass is 16.5. The predicted molar refractivity (Wildman–Crippen MR) is 107 cm³/mol. The minimum atomic E-state index is -0.266. The van der Waals surface area contributed by atoms with Crippen LogP contribution >= 0.6 is 0 Å². The van der Waals surface area contributed by atoms with Crippen LogP contribution in [0.1, 0.15) is 34.3 Å². The fourth-order valence-corrected chi connectivity index (χ4v) is 3.09. The Labute approximate surface area is 161 Å². The number of ether oxygens (including phenoxy) is 2. The third kappa shape index (κ3) is 4.61. The van der Waals surface area contributed by atoms with E-state index in [-0.39, 0.29) is 11.4 Å². The van der Waals surface area contributed by atoms with Crippen molar-refractivity contribution < 1.29 is 14.3 Å². The van der Waals surface area contributed by atoms with Crippen LogP contribution in [0.3, 0.4) is 0 Å². The number of aryl methyl sites for hydroxylation is 1. The molecule has 0 atom stereocenters. The Morgan fingerprint density at radius 2 is 1.78 bits per heavy atom. The molecule has 2 aromatic rings. The van der Waals surface area contributed by atoms with Gasteiger partial charge in [0.2, 0.25) is 0 Å². The summed E-state index contributed by atoms with van der Waals surface area (Å²) in [6.45, 7) is 3.37. The quantitative estimate of drug-likeness (QED) is 0.776. The molecule has 0 spiro atoms. The molecule has 0 saturated heterocycles. The molecule has 1 fully saturated rings. The van der Waals surface area contributed by atoms with Crippen molar-refractivity contribution in [3.63, 3.8) is 0 Å². The number of rotatable bonds is 8. The average Bonchev–Trinajstić information content (AvgIpc) is 3.43. The summed E-state index contributed by atoms with van der Waals surface area (Å²) < 4.78 is 11.0. The maximum absolute atomic E-state index is 13.0. The van der Waals surface area contributed by atoms with Crippen LogP contribution in [0.4, 0.5) is 0 Å². The van der Waals surface area contributed by atoms with Crippen LogP contribution < -0.4 is 14.8 Å². The predicted octanol–water partition coefficient (Wildman–Crippen LogP) is 3.36. The van der Waals surface area contributed by atoms with Gasteiger partial charge in [0.15, 0.2) is 0 Å². The maximum atomic E-state index is 13.0. The monoisotopic (exact) mass is 368 g/mol. The van der Waals surface area contributed by atoms with Gasteiger partial charge in [-0.1, -0.05) is 18.2 Å². The smallest absolute Gasteiger partial charge is 0.252 e. The van der Waals surface area contributed by atoms with E-state index in [4.69, 9.17) is 9.47 Å². The minimum absolute atomic E-state index is 0.0566. The molecule has 0 heterocycles. The van der Waals surface area contributed by atoms with Crippen molar-refractivity contribution in [3.05, 3.63) is 59.2 Å². The zero-order valence-corrected chi connectivity index (χ0v) is 16.5. The van der Waals surface area contributed by atoms with Crippen LogP contribution in [0.15, 0.2) is 42.5 Å². The van der Waals surface area contributed by atoms with Gasteiger partial charge in [0.25, 0.3) is 5.91 Å². The topological polar surface area (TPSA) is 50.8 Å². The highest BCUT2D eigenvalue weighted by Crippen LogP contribution is 2.46. The molecule has 0 aliphatic heterocycles. The van der Waals surface area contributed by atoms with Crippen LogP contribution in [0, 0.1) is 6.92 Å². The Bertz CT molecular complexity index is 796. The molecule has 3 rings (SSSR count). The van der Waals surface area contributed by atoms with E-state index in [9.17, 15) is 4.79 Å². The van der Waals surface area contributed by atoms with Crippen molar-refractivity contribution in [2.24, 2.45) is 0 Å². The van der Waals surface area contributed by atoms with Crippen molar-refractivity contribution in [1.82, 2.24) is 10.2 Å². The van der Waals surface area contributed by atoms with E-state index in [2.05, 4.69) is 10.2 Å². The Kier molecular flexibility index (Phi) is 5.71. The second-order valence-corrected chi connectivity index (χ2v) is 7.39. The first-order valence-electron chi connectivity index (χ1n) is 9.29. The normalized spacial score (nSPS) is 14.7. The van der Waals surface area contributed by atoms with Gasteiger partial charge in [0.1, 0.15) is 18.1 Å². The second kappa shape index (κ2) is 8.01. The largest absolute Gasteiger partial charge is 0.497 e. The van der Waals surface area contributed by atoms with Crippen LogP contribution in [-0.2, 0) is 5.54 Å². The highest BCUT2D eigenvalue weighted by molar-refractivity contribution is 5.96. The number of nitrogens with one attached hydrogen (secondary N) is 1. The fraction of sp³-hybridized carbons (Fsp3) is 0.409. The van der Waals surface area contributed by atoms with E-state index in [1.54, 1.807) is 7.11 Å². The molecule has 1 saturated carbocycles. The van der Waals surface area contributed by atoms with Crippen LogP contribution in [0.5, 0.6) is 11.5 Å². The zero-order valence-electron chi connectivity index (χ0n) is 16.5. The first-order valence-corrected chi connectivity index (χ1v) is 9.29. The number of carbonyl (C=O) groups excluding carboxylic acids is 1. The third-order valence-corrected chi connectivity index (χ3v) is 5.01. The number of hydrogen-bond donors (Lipinski definition) is 1. The van der Waals surface area contributed by atoms with Crippen molar-refractivity contribution in [1.29, 1.82) is 0 Å². The molecule has 144 valence electrons. The first-order chi connectivity index (χ1) is 12.9. The van der Waals surface area contributed by atoms with Crippen molar-refractivity contribution in [3.8, 4) is 11.5 Å². The number of benzene rings is 2. The molecular formula is C22H28N2O3. The summed E-state index contributed by atoms with van der Waals surface area (Å²) in [6, 6.07) is 13.6. The SMILES string of the molecule is COc1ccc(C2(NC(=O)c3cc(OCCN(C)C)ccc3C)CC2)cc1. The lowest BCUT2D eigenvalue weighted by Gasteiger charge is -2.19. The Hall–Kier alpha value is -2.53. The molecule has 0 aromatic heterocycles. The standard InChI is InChI=1S/C22H28N2O3/c1-16-5-8-19(27-14-13-24(2)3)15-20(16)21(25)23-22(11-12-22)17-6-9-18(26-4)10-7-17/h5-10,15H,11-14H2,1-4H3,(H,23,25). The second-order valence-electron chi connectivity index (χ2n) is 7.39. The molecule has 1 N–H and O–H groups in total. The van der Waals surface area contributed by atoms with Gasteiger partial charge in [-0.25, -0.2) is 0 Å². The molecule has 2 aromatic carbocycles. The van der Waals surface area contributed by atoms with Gasteiger partial charge < -0.3 is 19.7 Å². The van der Waals surface area contributed by atoms with E-state index in [0.29, 0.717) is 12.2 Å². The van der Waals surface area contributed by atoms with Crippen LogP contribution in [-0.4, -0.2) is 45.2 Å². The molecule has 5 nitrogen and oxygen atoms in total. The van der Waals surface area contributed by atoms with Gasteiger partial charge in [-0.3, -0.25) is 4.79 Å². The van der Waals surface area contributed by atoms with E-state index >= 15 is 0 Å². The number of methoxy groups -OCH3 is 1. The van der Waals surface area contributed by atoms with Crippen molar-refractivity contribution in [2.45, 2.75) is 25.3 Å². The number of carbonyl (C=O) groups is 1. The minimum Gasteiger partial charge on any atom is -0.497 e. The van der Waals surface area contributed by atoms with Gasteiger partial charge in [-0.15, -0.1) is 0 Å². The summed E-state index contributed by atoms with van der Waals surface area (Å²) in [4.78, 5) is 15.0. The molecule has 0 radical (unpaired) electrons. The molecule has 27 heavy (non-hydrogen) atoms. The maximum Gasteiger partial charge on any atom is 0.252 e.